The number of aromatic nitrogens is 3. The van der Waals surface area contributed by atoms with E-state index >= 15 is 0 Å². The SMILES string of the molecule is C=CCCc1nc(CCC2CCCCC2)nn1Cc1ccc(-c2ccccc2C(=O)O)cc1. The van der Waals surface area contributed by atoms with Crippen molar-refractivity contribution in [1.29, 1.82) is 0 Å². The van der Waals surface area contributed by atoms with Gasteiger partial charge in [0, 0.05) is 12.8 Å². The van der Waals surface area contributed by atoms with Gasteiger partial charge in [-0.2, -0.15) is 5.10 Å². The molecule has 0 bridgehead atoms. The minimum atomic E-state index is -0.912. The van der Waals surface area contributed by atoms with E-state index in [-0.39, 0.29) is 0 Å². The number of hydrogen-bond donors (Lipinski definition) is 1. The zero-order valence-electron chi connectivity index (χ0n) is 19.2. The average Bonchev–Trinajstić information content (AvgIpc) is 3.24. The summed E-state index contributed by atoms with van der Waals surface area (Å²) in [6, 6.07) is 15.2. The lowest BCUT2D eigenvalue weighted by Gasteiger charge is -2.20. The van der Waals surface area contributed by atoms with E-state index < -0.39 is 5.97 Å². The van der Waals surface area contributed by atoms with Crippen LogP contribution in [0, 0.1) is 5.92 Å². The predicted octanol–water partition coefficient (Wildman–Crippen LogP) is 6.32. The van der Waals surface area contributed by atoms with Crippen molar-refractivity contribution in [2.24, 2.45) is 5.92 Å². The third-order valence-electron chi connectivity index (χ3n) is 6.62. The summed E-state index contributed by atoms with van der Waals surface area (Å²) in [5.41, 5.74) is 3.07. The molecule has 5 nitrogen and oxygen atoms in total. The first-order valence-corrected chi connectivity index (χ1v) is 12.1. The van der Waals surface area contributed by atoms with E-state index in [0.717, 1.165) is 53.5 Å². The molecular formula is C28H33N3O2. The quantitative estimate of drug-likeness (QED) is 0.372. The molecule has 1 aromatic heterocycles. The molecule has 5 heteroatoms. The number of carbonyl (C=O) groups is 1. The van der Waals surface area contributed by atoms with Crippen LogP contribution >= 0.6 is 0 Å². The maximum Gasteiger partial charge on any atom is 0.336 e. The topological polar surface area (TPSA) is 68.0 Å². The van der Waals surface area contributed by atoms with E-state index in [1.807, 2.05) is 35.0 Å². The maximum atomic E-state index is 11.6. The van der Waals surface area contributed by atoms with Crippen molar-refractivity contribution in [3.63, 3.8) is 0 Å². The number of carboxylic acids is 1. The van der Waals surface area contributed by atoms with E-state index in [1.54, 1.807) is 12.1 Å². The second-order valence-corrected chi connectivity index (χ2v) is 9.02. The van der Waals surface area contributed by atoms with E-state index in [9.17, 15) is 9.90 Å². The first-order chi connectivity index (χ1) is 16.1. The summed E-state index contributed by atoms with van der Waals surface area (Å²) in [7, 11) is 0. The van der Waals surface area contributed by atoms with Crippen molar-refractivity contribution in [3.8, 4) is 11.1 Å². The number of hydrogen-bond acceptors (Lipinski definition) is 3. The molecule has 0 atom stereocenters. The standard InChI is InChI=1S/C28H33N3O2/c1-2-3-13-27-29-26(19-16-21-9-5-4-6-10-21)30-31(27)20-22-14-17-23(18-15-22)24-11-7-8-12-25(24)28(32)33/h2,7-8,11-12,14-15,17-18,21H,1,3-6,9-10,13,16,19-20H2,(H,32,33). The van der Waals surface area contributed by atoms with E-state index in [2.05, 4.69) is 18.7 Å². The minimum absolute atomic E-state index is 0.316. The summed E-state index contributed by atoms with van der Waals surface area (Å²) >= 11 is 0. The van der Waals surface area contributed by atoms with E-state index in [1.165, 1.54) is 38.5 Å². The van der Waals surface area contributed by atoms with Crippen LogP contribution < -0.4 is 0 Å². The van der Waals surface area contributed by atoms with Gasteiger partial charge in [0.15, 0.2) is 5.82 Å². The zero-order chi connectivity index (χ0) is 23.0. The lowest BCUT2D eigenvalue weighted by atomic mass is 9.86. The Labute approximate surface area is 196 Å². The summed E-state index contributed by atoms with van der Waals surface area (Å²) in [6.45, 7) is 4.51. The van der Waals surface area contributed by atoms with Gasteiger partial charge in [-0.3, -0.25) is 0 Å². The van der Waals surface area contributed by atoms with Crippen molar-refractivity contribution < 1.29 is 9.90 Å². The molecule has 0 amide bonds. The van der Waals surface area contributed by atoms with Crippen LogP contribution in [0.4, 0.5) is 0 Å². The molecule has 1 aliphatic rings. The average molecular weight is 444 g/mol. The van der Waals surface area contributed by atoms with Crippen LogP contribution in [0.25, 0.3) is 11.1 Å². The number of benzene rings is 2. The molecule has 3 aromatic rings. The summed E-state index contributed by atoms with van der Waals surface area (Å²) < 4.78 is 2.03. The molecule has 2 aromatic carbocycles. The Hall–Kier alpha value is -3.21. The van der Waals surface area contributed by atoms with Crippen LogP contribution in [-0.2, 0) is 19.4 Å². The van der Waals surface area contributed by atoms with Crippen LogP contribution in [0.1, 0.15) is 72.5 Å². The summed E-state index contributed by atoms with van der Waals surface area (Å²) in [5, 5.41) is 14.3. The number of aryl methyl sites for hydroxylation is 2. The van der Waals surface area contributed by atoms with E-state index in [0.29, 0.717) is 12.1 Å². The summed E-state index contributed by atoms with van der Waals surface area (Å²) in [5.74, 6) is 1.87. The van der Waals surface area contributed by atoms with Crippen LogP contribution in [-0.4, -0.2) is 25.8 Å². The maximum absolute atomic E-state index is 11.6. The molecule has 1 heterocycles. The van der Waals surface area contributed by atoms with Crippen LogP contribution in [0.5, 0.6) is 0 Å². The van der Waals surface area contributed by atoms with Crippen molar-refractivity contribution in [1.82, 2.24) is 14.8 Å². The second-order valence-electron chi connectivity index (χ2n) is 9.02. The van der Waals surface area contributed by atoms with Gasteiger partial charge >= 0.3 is 5.97 Å². The van der Waals surface area contributed by atoms with E-state index in [4.69, 9.17) is 10.1 Å². The predicted molar refractivity (Wildman–Crippen MR) is 131 cm³/mol. The normalized spacial score (nSPS) is 14.3. The lowest BCUT2D eigenvalue weighted by Crippen LogP contribution is -2.08. The van der Waals surface area contributed by atoms with Gasteiger partial charge in [-0.05, 0) is 41.5 Å². The Balaban J connectivity index is 1.48. The van der Waals surface area contributed by atoms with Gasteiger partial charge in [0.05, 0.1) is 12.1 Å². The van der Waals surface area contributed by atoms with Gasteiger partial charge in [-0.25, -0.2) is 14.5 Å². The Morgan fingerprint density at radius 1 is 1.06 bits per heavy atom. The molecule has 172 valence electrons. The fourth-order valence-electron chi connectivity index (χ4n) is 4.77. The molecule has 0 aliphatic heterocycles. The number of allylic oxidation sites excluding steroid dienone is 1. The highest BCUT2D eigenvalue weighted by Gasteiger charge is 2.16. The molecule has 0 radical (unpaired) electrons. The molecular weight excluding hydrogens is 410 g/mol. The van der Waals surface area contributed by atoms with Gasteiger partial charge < -0.3 is 5.11 Å². The van der Waals surface area contributed by atoms with Gasteiger partial charge in [-0.15, -0.1) is 6.58 Å². The van der Waals surface area contributed by atoms with Crippen molar-refractivity contribution >= 4 is 5.97 Å². The summed E-state index contributed by atoms with van der Waals surface area (Å²) in [4.78, 5) is 16.4. The summed E-state index contributed by atoms with van der Waals surface area (Å²) in [6.07, 6.45) is 12.6. The highest BCUT2D eigenvalue weighted by molar-refractivity contribution is 5.95. The number of nitrogens with zero attached hydrogens (tertiary/aromatic N) is 3. The van der Waals surface area contributed by atoms with Gasteiger partial charge in [-0.1, -0.05) is 80.6 Å². The largest absolute Gasteiger partial charge is 0.478 e. The Bertz CT molecular complexity index is 1080. The second kappa shape index (κ2) is 11.1. The molecule has 0 spiro atoms. The van der Waals surface area contributed by atoms with Crippen molar-refractivity contribution in [2.75, 3.05) is 0 Å². The van der Waals surface area contributed by atoms with Crippen LogP contribution in [0.15, 0.2) is 61.2 Å². The Morgan fingerprint density at radius 2 is 1.82 bits per heavy atom. The zero-order valence-corrected chi connectivity index (χ0v) is 19.2. The van der Waals surface area contributed by atoms with Crippen molar-refractivity contribution in [2.45, 2.75) is 64.3 Å². The lowest BCUT2D eigenvalue weighted by molar-refractivity contribution is 0.0697. The molecule has 0 saturated heterocycles. The Morgan fingerprint density at radius 3 is 2.55 bits per heavy atom. The third-order valence-corrected chi connectivity index (χ3v) is 6.62. The smallest absolute Gasteiger partial charge is 0.336 e. The van der Waals surface area contributed by atoms with Gasteiger partial charge in [0.25, 0.3) is 0 Å². The highest BCUT2D eigenvalue weighted by Crippen LogP contribution is 2.27. The fraction of sp³-hybridized carbons (Fsp3) is 0.393. The van der Waals surface area contributed by atoms with Crippen molar-refractivity contribution in [3.05, 3.63) is 84.0 Å². The van der Waals surface area contributed by atoms with Gasteiger partial charge in [0.1, 0.15) is 5.82 Å². The third kappa shape index (κ3) is 5.98. The van der Waals surface area contributed by atoms with Gasteiger partial charge in [0.2, 0.25) is 0 Å². The first-order valence-electron chi connectivity index (χ1n) is 12.1. The number of carboxylic acid groups (broad SMARTS) is 1. The monoisotopic (exact) mass is 443 g/mol. The van der Waals surface area contributed by atoms with Crippen LogP contribution in [0.3, 0.4) is 0 Å². The van der Waals surface area contributed by atoms with Crippen LogP contribution in [0.2, 0.25) is 0 Å². The molecule has 1 N–H and O–H groups in total. The minimum Gasteiger partial charge on any atom is -0.478 e. The first kappa shape index (κ1) is 23.0. The molecule has 1 saturated carbocycles. The molecule has 1 fully saturated rings. The molecule has 33 heavy (non-hydrogen) atoms. The Kier molecular flexibility index (Phi) is 7.71. The highest BCUT2D eigenvalue weighted by atomic mass is 16.4. The fourth-order valence-corrected chi connectivity index (χ4v) is 4.77. The number of aromatic carboxylic acids is 1. The number of rotatable bonds is 10. The molecule has 1 aliphatic carbocycles. The molecule has 4 rings (SSSR count). The molecule has 0 unspecified atom stereocenters.